The molecule has 0 unspecified atom stereocenters. The number of fused-ring (bicyclic) bond motifs is 1. The van der Waals surface area contributed by atoms with Gasteiger partial charge in [-0.25, -0.2) is 0 Å². The van der Waals surface area contributed by atoms with Crippen molar-refractivity contribution in [1.82, 2.24) is 0 Å². The molecule has 0 radical (unpaired) electrons. The second kappa shape index (κ2) is 5.95. The molecule has 0 aliphatic carbocycles. The van der Waals surface area contributed by atoms with Gasteiger partial charge in [0.2, 0.25) is 0 Å². The first kappa shape index (κ1) is 14.7. The maximum atomic E-state index is 2.50. The molecule has 2 aromatic heterocycles. The van der Waals surface area contributed by atoms with Crippen molar-refractivity contribution in [2.24, 2.45) is 0 Å². The fourth-order valence-electron chi connectivity index (χ4n) is 4.38. The molecule has 2 aliphatic rings. The van der Waals surface area contributed by atoms with Gasteiger partial charge < -0.3 is 4.48 Å². The molecule has 22 heavy (non-hydrogen) atoms. The van der Waals surface area contributed by atoms with E-state index in [2.05, 4.69) is 42.1 Å². The molecule has 2 fully saturated rings. The minimum atomic E-state index is 0.908. The Balaban J connectivity index is 1.76. The van der Waals surface area contributed by atoms with Crippen molar-refractivity contribution in [3.63, 3.8) is 0 Å². The second-order valence-corrected chi connectivity index (χ2v) is 8.88. The molecule has 4 heterocycles. The third kappa shape index (κ3) is 2.60. The summed E-state index contributed by atoms with van der Waals surface area (Å²) in [5.41, 5.74) is 3.25. The number of thiophene rings is 2. The Morgan fingerprint density at radius 3 is 2.41 bits per heavy atom. The minimum absolute atomic E-state index is 0.908. The van der Waals surface area contributed by atoms with Crippen molar-refractivity contribution in [1.29, 1.82) is 0 Å². The van der Waals surface area contributed by atoms with Crippen LogP contribution in [0.4, 0.5) is 0 Å². The Kier molecular flexibility index (Phi) is 3.97. The number of nitrogens with zero attached hydrogens (tertiary/aromatic N) is 1. The molecule has 2 atom stereocenters. The summed E-state index contributed by atoms with van der Waals surface area (Å²) in [6.45, 7) is 2.63. The Morgan fingerprint density at radius 2 is 1.77 bits per heavy atom. The summed E-state index contributed by atoms with van der Waals surface area (Å²) in [6, 6.07) is 9.89. The van der Waals surface area contributed by atoms with Gasteiger partial charge in [0, 0.05) is 21.7 Å². The van der Waals surface area contributed by atoms with E-state index < -0.39 is 0 Å². The van der Waals surface area contributed by atoms with Crippen molar-refractivity contribution in [3.8, 4) is 0 Å². The van der Waals surface area contributed by atoms with Crippen LogP contribution in [0.5, 0.6) is 0 Å². The van der Waals surface area contributed by atoms with Crippen LogP contribution in [-0.4, -0.2) is 30.7 Å². The first-order valence-corrected chi connectivity index (χ1v) is 10.2. The first-order valence-electron chi connectivity index (χ1n) is 8.40. The van der Waals surface area contributed by atoms with Gasteiger partial charge in [-0.2, -0.15) is 0 Å². The largest absolute Gasteiger partial charge is 0.320 e. The predicted molar refractivity (Wildman–Crippen MR) is 97.5 cm³/mol. The molecule has 116 valence electrons. The number of hydrogen-bond donors (Lipinski definition) is 0. The second-order valence-electron chi connectivity index (χ2n) is 6.98. The van der Waals surface area contributed by atoms with Gasteiger partial charge in [0.25, 0.3) is 0 Å². The summed E-state index contributed by atoms with van der Waals surface area (Å²) in [7, 11) is 2.50. The molecule has 0 N–H and O–H groups in total. The third-order valence-corrected chi connectivity index (χ3v) is 7.33. The number of quaternary nitrogens is 1. The molecule has 2 saturated heterocycles. The number of likely N-dealkylation sites (N-methyl/N-ethyl adjacent to an activating group) is 1. The average Bonchev–Trinajstić information content (AvgIpc) is 3.20. The van der Waals surface area contributed by atoms with Crippen LogP contribution in [0.1, 0.15) is 41.9 Å². The molecular formula is C19H24NS2+. The standard InChI is InChI=1S/C19H24NS2/c1-20-11-3-2-6-16(20)10-9-15(14-20)19(17-7-4-12-21-17)18-8-5-13-22-18/h4-5,7-8,12-13,16H,2-3,6,9-11,14H2,1H3/q+1/t16-,20+/m1/s1. The van der Waals surface area contributed by atoms with Crippen LogP contribution in [0.2, 0.25) is 0 Å². The lowest BCUT2D eigenvalue weighted by Gasteiger charge is -2.48. The van der Waals surface area contributed by atoms with E-state index in [9.17, 15) is 0 Å². The average molecular weight is 331 g/mol. The monoisotopic (exact) mass is 330 g/mol. The lowest BCUT2D eigenvalue weighted by Crippen LogP contribution is -2.58. The van der Waals surface area contributed by atoms with E-state index >= 15 is 0 Å². The number of piperidine rings is 2. The van der Waals surface area contributed by atoms with Gasteiger partial charge in [-0.1, -0.05) is 12.1 Å². The van der Waals surface area contributed by atoms with Gasteiger partial charge >= 0.3 is 0 Å². The van der Waals surface area contributed by atoms with Crippen LogP contribution in [0.15, 0.2) is 40.6 Å². The molecule has 0 bridgehead atoms. The van der Waals surface area contributed by atoms with Gasteiger partial charge in [-0.05, 0) is 54.1 Å². The summed E-state index contributed by atoms with van der Waals surface area (Å²) < 4.78 is 1.29. The number of hydrogen-bond acceptors (Lipinski definition) is 2. The van der Waals surface area contributed by atoms with E-state index in [4.69, 9.17) is 0 Å². The molecule has 2 aliphatic heterocycles. The van der Waals surface area contributed by atoms with E-state index in [1.165, 1.54) is 59.4 Å². The molecule has 0 spiro atoms. The molecule has 1 nitrogen and oxygen atoms in total. The SMILES string of the molecule is C[N@@+]12CCCC[C@@H]1CCC(=C(c1cccs1)c1cccs1)C2. The molecule has 2 aromatic rings. The van der Waals surface area contributed by atoms with Gasteiger partial charge in [0.05, 0.1) is 19.6 Å². The van der Waals surface area contributed by atoms with Gasteiger partial charge in [-0.3, -0.25) is 0 Å². The minimum Gasteiger partial charge on any atom is -0.320 e. The maximum Gasteiger partial charge on any atom is 0.101 e. The zero-order chi connectivity index (χ0) is 15.0. The molecule has 0 saturated carbocycles. The molecular weight excluding hydrogens is 306 g/mol. The van der Waals surface area contributed by atoms with Crippen molar-refractivity contribution in [3.05, 3.63) is 50.4 Å². The number of rotatable bonds is 2. The van der Waals surface area contributed by atoms with E-state index in [1.54, 1.807) is 11.1 Å². The summed E-state index contributed by atoms with van der Waals surface area (Å²) in [6.07, 6.45) is 6.97. The van der Waals surface area contributed by atoms with Gasteiger partial charge in [0.1, 0.15) is 6.54 Å². The molecule has 0 aromatic carbocycles. The van der Waals surface area contributed by atoms with E-state index in [0.717, 1.165) is 6.04 Å². The van der Waals surface area contributed by atoms with Gasteiger partial charge in [-0.15, -0.1) is 22.7 Å². The van der Waals surface area contributed by atoms with Crippen molar-refractivity contribution in [2.45, 2.75) is 38.1 Å². The van der Waals surface area contributed by atoms with Crippen molar-refractivity contribution < 1.29 is 4.48 Å². The highest BCUT2D eigenvalue weighted by molar-refractivity contribution is 7.13. The zero-order valence-corrected chi connectivity index (χ0v) is 14.9. The van der Waals surface area contributed by atoms with Crippen molar-refractivity contribution in [2.75, 3.05) is 20.1 Å². The highest BCUT2D eigenvalue weighted by atomic mass is 32.1. The predicted octanol–water partition coefficient (Wildman–Crippen LogP) is 5.40. The highest BCUT2D eigenvalue weighted by Gasteiger charge is 2.40. The van der Waals surface area contributed by atoms with Gasteiger partial charge in [0.15, 0.2) is 0 Å². The fourth-order valence-corrected chi connectivity index (χ4v) is 6.11. The van der Waals surface area contributed by atoms with Crippen LogP contribution in [0.25, 0.3) is 5.57 Å². The Morgan fingerprint density at radius 1 is 1.05 bits per heavy atom. The Bertz CT molecular complexity index is 617. The molecule has 4 rings (SSSR count). The Labute approximate surface area is 141 Å². The Hall–Kier alpha value is -0.900. The van der Waals surface area contributed by atoms with Crippen LogP contribution >= 0.6 is 22.7 Å². The summed E-state index contributed by atoms with van der Waals surface area (Å²) in [5.74, 6) is 0. The zero-order valence-electron chi connectivity index (χ0n) is 13.3. The van der Waals surface area contributed by atoms with E-state index in [0.29, 0.717) is 0 Å². The topological polar surface area (TPSA) is 0 Å². The summed E-state index contributed by atoms with van der Waals surface area (Å²) in [4.78, 5) is 2.92. The first-order chi connectivity index (χ1) is 10.8. The molecule has 0 amide bonds. The van der Waals surface area contributed by atoms with Crippen LogP contribution < -0.4 is 0 Å². The lowest BCUT2D eigenvalue weighted by molar-refractivity contribution is -0.937. The smallest absolute Gasteiger partial charge is 0.101 e. The van der Waals surface area contributed by atoms with Crippen LogP contribution in [-0.2, 0) is 0 Å². The maximum absolute atomic E-state index is 2.50. The van der Waals surface area contributed by atoms with E-state index in [-0.39, 0.29) is 0 Å². The third-order valence-electron chi connectivity index (χ3n) is 5.56. The summed E-state index contributed by atoms with van der Waals surface area (Å²) in [5, 5.41) is 4.43. The normalized spacial score (nSPS) is 28.4. The van der Waals surface area contributed by atoms with E-state index in [1.807, 2.05) is 22.7 Å². The quantitative estimate of drug-likeness (QED) is 0.646. The molecule has 3 heteroatoms. The summed E-state index contributed by atoms with van der Waals surface area (Å²) >= 11 is 3.79. The highest BCUT2D eigenvalue weighted by Crippen LogP contribution is 2.41. The fraction of sp³-hybridized carbons (Fsp3) is 0.474. The van der Waals surface area contributed by atoms with Crippen LogP contribution in [0, 0.1) is 0 Å². The van der Waals surface area contributed by atoms with Crippen LogP contribution in [0.3, 0.4) is 0 Å². The van der Waals surface area contributed by atoms with Crippen molar-refractivity contribution >= 4 is 28.2 Å². The lowest BCUT2D eigenvalue weighted by atomic mass is 9.85.